The SMILES string of the molecule is CCCCN(CC)C(=O)NC(CCC(N)=O)C(=O)O. The first-order chi connectivity index (χ1) is 8.92. The molecule has 0 bridgehead atoms. The van der Waals surface area contributed by atoms with Gasteiger partial charge in [0.15, 0.2) is 0 Å². The molecular weight excluding hydrogens is 250 g/mol. The van der Waals surface area contributed by atoms with E-state index in [1.54, 1.807) is 4.90 Å². The second kappa shape index (κ2) is 9.18. The van der Waals surface area contributed by atoms with Gasteiger partial charge in [-0.1, -0.05) is 13.3 Å². The summed E-state index contributed by atoms with van der Waals surface area (Å²) in [6.07, 6.45) is 1.74. The smallest absolute Gasteiger partial charge is 0.326 e. The van der Waals surface area contributed by atoms with Crippen molar-refractivity contribution in [3.8, 4) is 0 Å². The minimum Gasteiger partial charge on any atom is -0.480 e. The molecule has 4 N–H and O–H groups in total. The van der Waals surface area contributed by atoms with E-state index in [0.717, 1.165) is 12.8 Å². The number of nitrogens with two attached hydrogens (primary N) is 1. The summed E-state index contributed by atoms with van der Waals surface area (Å²) in [6.45, 7) is 4.93. The minimum atomic E-state index is -1.17. The molecule has 110 valence electrons. The number of carbonyl (C=O) groups excluding carboxylic acids is 2. The molecule has 7 heteroatoms. The van der Waals surface area contributed by atoms with E-state index >= 15 is 0 Å². The molecule has 0 heterocycles. The number of primary amides is 1. The summed E-state index contributed by atoms with van der Waals surface area (Å²) in [5, 5.41) is 11.4. The molecule has 0 spiro atoms. The quantitative estimate of drug-likeness (QED) is 0.569. The number of hydrogen-bond acceptors (Lipinski definition) is 3. The largest absolute Gasteiger partial charge is 0.480 e. The third kappa shape index (κ3) is 7.28. The second-order valence-electron chi connectivity index (χ2n) is 4.28. The fourth-order valence-corrected chi connectivity index (χ4v) is 1.54. The van der Waals surface area contributed by atoms with E-state index in [4.69, 9.17) is 10.8 Å². The van der Waals surface area contributed by atoms with Crippen LogP contribution in [0, 0.1) is 0 Å². The molecule has 0 fully saturated rings. The zero-order valence-corrected chi connectivity index (χ0v) is 11.5. The van der Waals surface area contributed by atoms with Crippen LogP contribution in [0.3, 0.4) is 0 Å². The molecule has 7 nitrogen and oxygen atoms in total. The zero-order chi connectivity index (χ0) is 14.8. The second-order valence-corrected chi connectivity index (χ2v) is 4.28. The molecule has 0 saturated heterocycles. The number of carboxylic acid groups (broad SMARTS) is 1. The van der Waals surface area contributed by atoms with E-state index in [-0.39, 0.29) is 12.8 Å². The van der Waals surface area contributed by atoms with Crippen molar-refractivity contribution in [2.45, 2.75) is 45.6 Å². The first-order valence-electron chi connectivity index (χ1n) is 6.48. The summed E-state index contributed by atoms with van der Waals surface area (Å²) in [6, 6.07) is -1.51. The molecule has 0 radical (unpaired) electrons. The molecule has 0 saturated carbocycles. The summed E-state index contributed by atoms with van der Waals surface area (Å²) in [4.78, 5) is 35.1. The topological polar surface area (TPSA) is 113 Å². The van der Waals surface area contributed by atoms with Crippen LogP contribution >= 0.6 is 0 Å². The number of hydrogen-bond donors (Lipinski definition) is 3. The van der Waals surface area contributed by atoms with E-state index in [0.29, 0.717) is 13.1 Å². The van der Waals surface area contributed by atoms with E-state index in [1.165, 1.54) is 0 Å². The highest BCUT2D eigenvalue weighted by atomic mass is 16.4. The number of carbonyl (C=O) groups is 3. The van der Waals surface area contributed by atoms with Gasteiger partial charge in [-0.2, -0.15) is 0 Å². The third-order valence-electron chi connectivity index (χ3n) is 2.73. The van der Waals surface area contributed by atoms with Gasteiger partial charge in [-0.3, -0.25) is 4.79 Å². The zero-order valence-electron chi connectivity index (χ0n) is 11.5. The molecule has 3 amide bonds. The van der Waals surface area contributed by atoms with E-state index in [9.17, 15) is 14.4 Å². The lowest BCUT2D eigenvalue weighted by Crippen LogP contribution is -2.48. The van der Waals surface area contributed by atoms with Crippen LogP contribution in [-0.4, -0.2) is 47.0 Å². The Morgan fingerprint density at radius 2 is 1.95 bits per heavy atom. The molecular formula is C12H23N3O4. The van der Waals surface area contributed by atoms with E-state index in [1.807, 2.05) is 13.8 Å². The van der Waals surface area contributed by atoms with Gasteiger partial charge in [0.05, 0.1) is 0 Å². The van der Waals surface area contributed by atoms with Gasteiger partial charge in [-0.15, -0.1) is 0 Å². The van der Waals surface area contributed by atoms with Crippen molar-refractivity contribution in [3.63, 3.8) is 0 Å². The maximum absolute atomic E-state index is 11.9. The lowest BCUT2D eigenvalue weighted by atomic mass is 10.1. The Morgan fingerprint density at radius 3 is 2.37 bits per heavy atom. The van der Waals surface area contributed by atoms with Crippen LogP contribution in [0.1, 0.15) is 39.5 Å². The van der Waals surface area contributed by atoms with Crippen LogP contribution in [0.15, 0.2) is 0 Å². The lowest BCUT2D eigenvalue weighted by Gasteiger charge is -2.23. The van der Waals surface area contributed by atoms with Crippen LogP contribution in [0.2, 0.25) is 0 Å². The van der Waals surface area contributed by atoms with Crippen molar-refractivity contribution in [2.75, 3.05) is 13.1 Å². The Bertz CT molecular complexity index is 320. The first kappa shape index (κ1) is 17.2. The number of amides is 3. The van der Waals surface area contributed by atoms with Gasteiger partial charge in [0, 0.05) is 19.5 Å². The Morgan fingerprint density at radius 1 is 1.32 bits per heavy atom. The fraction of sp³-hybridized carbons (Fsp3) is 0.750. The maximum Gasteiger partial charge on any atom is 0.326 e. The van der Waals surface area contributed by atoms with Gasteiger partial charge >= 0.3 is 12.0 Å². The summed E-state index contributed by atoms with van der Waals surface area (Å²) in [7, 11) is 0. The summed E-state index contributed by atoms with van der Waals surface area (Å²) in [5.74, 6) is -1.75. The van der Waals surface area contributed by atoms with Gasteiger partial charge < -0.3 is 21.1 Å². The van der Waals surface area contributed by atoms with E-state index < -0.39 is 23.9 Å². The van der Waals surface area contributed by atoms with Crippen molar-refractivity contribution in [1.82, 2.24) is 10.2 Å². The number of aliphatic carboxylic acids is 1. The maximum atomic E-state index is 11.9. The molecule has 0 aliphatic heterocycles. The molecule has 19 heavy (non-hydrogen) atoms. The van der Waals surface area contributed by atoms with Crippen molar-refractivity contribution in [1.29, 1.82) is 0 Å². The van der Waals surface area contributed by atoms with Crippen molar-refractivity contribution in [2.24, 2.45) is 5.73 Å². The Balaban J connectivity index is 4.42. The van der Waals surface area contributed by atoms with Crippen molar-refractivity contribution < 1.29 is 19.5 Å². The highest BCUT2D eigenvalue weighted by Gasteiger charge is 2.22. The normalized spacial score (nSPS) is 11.7. The molecule has 0 aromatic rings. The standard InChI is InChI=1S/C12H23N3O4/c1-3-5-8-15(4-2)12(19)14-9(11(17)18)6-7-10(13)16/h9H,3-8H2,1-2H3,(H2,13,16)(H,14,19)(H,17,18). The molecule has 0 aromatic heterocycles. The highest BCUT2D eigenvalue weighted by Crippen LogP contribution is 2.01. The first-order valence-corrected chi connectivity index (χ1v) is 6.48. The average Bonchev–Trinajstić information content (AvgIpc) is 2.34. The van der Waals surface area contributed by atoms with Gasteiger partial charge in [-0.25, -0.2) is 9.59 Å². The monoisotopic (exact) mass is 273 g/mol. The van der Waals surface area contributed by atoms with Crippen LogP contribution in [-0.2, 0) is 9.59 Å². The molecule has 0 aliphatic carbocycles. The molecule has 0 aromatic carbocycles. The van der Waals surface area contributed by atoms with E-state index in [2.05, 4.69) is 5.32 Å². The number of urea groups is 1. The van der Waals surface area contributed by atoms with Crippen LogP contribution in [0.5, 0.6) is 0 Å². The van der Waals surface area contributed by atoms with Gasteiger partial charge in [-0.05, 0) is 19.8 Å². The summed E-state index contributed by atoms with van der Waals surface area (Å²) < 4.78 is 0. The predicted molar refractivity (Wildman–Crippen MR) is 70.5 cm³/mol. The minimum absolute atomic E-state index is 0.00172. The number of nitrogens with zero attached hydrogens (tertiary/aromatic N) is 1. The Kier molecular flexibility index (Phi) is 8.32. The number of unbranched alkanes of at least 4 members (excludes halogenated alkanes) is 1. The highest BCUT2D eigenvalue weighted by molar-refractivity contribution is 5.83. The molecule has 0 aliphatic rings. The van der Waals surface area contributed by atoms with Crippen LogP contribution in [0.25, 0.3) is 0 Å². The van der Waals surface area contributed by atoms with Crippen LogP contribution < -0.4 is 11.1 Å². The third-order valence-corrected chi connectivity index (χ3v) is 2.73. The average molecular weight is 273 g/mol. The van der Waals surface area contributed by atoms with Gasteiger partial charge in [0.1, 0.15) is 6.04 Å². The number of nitrogens with one attached hydrogen (secondary N) is 1. The van der Waals surface area contributed by atoms with Crippen LogP contribution in [0.4, 0.5) is 4.79 Å². The van der Waals surface area contributed by atoms with Crippen molar-refractivity contribution >= 4 is 17.9 Å². The predicted octanol–water partition coefficient (Wildman–Crippen LogP) is 0.537. The summed E-state index contributed by atoms with van der Waals surface area (Å²) in [5.41, 5.74) is 4.97. The Labute approximate surface area is 113 Å². The number of carboxylic acids is 1. The molecule has 1 atom stereocenters. The molecule has 1 unspecified atom stereocenters. The van der Waals surface area contributed by atoms with Gasteiger partial charge in [0.2, 0.25) is 5.91 Å². The fourth-order valence-electron chi connectivity index (χ4n) is 1.54. The van der Waals surface area contributed by atoms with Gasteiger partial charge in [0.25, 0.3) is 0 Å². The Hall–Kier alpha value is -1.79. The lowest BCUT2D eigenvalue weighted by molar-refractivity contribution is -0.139. The molecule has 0 rings (SSSR count). The summed E-state index contributed by atoms with van der Waals surface area (Å²) >= 11 is 0. The van der Waals surface area contributed by atoms with Crippen molar-refractivity contribution in [3.05, 3.63) is 0 Å². The number of rotatable bonds is 9.